The Kier molecular flexibility index (Phi) is 4.86. The Morgan fingerprint density at radius 2 is 1.91 bits per heavy atom. The van der Waals surface area contributed by atoms with Gasteiger partial charge in [-0.25, -0.2) is 9.37 Å². The fourth-order valence-electron chi connectivity index (χ4n) is 5.13. The molecule has 3 aromatic rings. The summed E-state index contributed by atoms with van der Waals surface area (Å²) < 4.78 is 15.4. The van der Waals surface area contributed by atoms with Crippen molar-refractivity contribution < 1.29 is 4.39 Å². The van der Waals surface area contributed by atoms with E-state index in [-0.39, 0.29) is 11.7 Å². The van der Waals surface area contributed by atoms with E-state index in [2.05, 4.69) is 35.6 Å². The van der Waals surface area contributed by atoms with Gasteiger partial charge in [0.15, 0.2) is 5.82 Å². The second kappa shape index (κ2) is 7.79. The number of halogens is 2. The van der Waals surface area contributed by atoms with Crippen molar-refractivity contribution in [1.29, 1.82) is 5.26 Å². The first-order valence-electron chi connectivity index (χ1n) is 11.3. The van der Waals surface area contributed by atoms with Crippen molar-refractivity contribution in [3.05, 3.63) is 64.6 Å². The second-order valence-corrected chi connectivity index (χ2v) is 9.61. The Balaban J connectivity index is 1.32. The molecule has 33 heavy (non-hydrogen) atoms. The second-order valence-electron chi connectivity index (χ2n) is 9.18. The third-order valence-electron chi connectivity index (χ3n) is 7.16. The normalized spacial score (nSPS) is 20.0. The molecule has 3 aliphatic rings. The van der Waals surface area contributed by atoms with Crippen LogP contribution in [0.2, 0.25) is 5.02 Å². The van der Waals surface area contributed by atoms with Gasteiger partial charge in [-0.15, -0.1) is 10.2 Å². The first-order valence-corrected chi connectivity index (χ1v) is 11.7. The van der Waals surface area contributed by atoms with Gasteiger partial charge in [-0.1, -0.05) is 11.6 Å². The van der Waals surface area contributed by atoms with Crippen LogP contribution in [0, 0.1) is 17.1 Å². The lowest BCUT2D eigenvalue weighted by Gasteiger charge is -2.32. The Labute approximate surface area is 196 Å². The van der Waals surface area contributed by atoms with E-state index in [0.29, 0.717) is 18.1 Å². The predicted octanol–water partition coefficient (Wildman–Crippen LogP) is 4.21. The lowest BCUT2D eigenvalue weighted by molar-refractivity contribution is 0.197. The summed E-state index contributed by atoms with van der Waals surface area (Å²) in [5.41, 5.74) is 1.74. The maximum atomic E-state index is 13.2. The molecule has 7 nitrogen and oxygen atoms in total. The Hall–Kier alpha value is -3.02. The van der Waals surface area contributed by atoms with Crippen LogP contribution in [0.5, 0.6) is 0 Å². The zero-order valence-electron chi connectivity index (χ0n) is 18.1. The Morgan fingerprint density at radius 1 is 1.09 bits per heavy atom. The van der Waals surface area contributed by atoms with E-state index in [1.807, 2.05) is 18.2 Å². The van der Waals surface area contributed by atoms with Crippen LogP contribution in [0.25, 0.3) is 5.69 Å². The highest BCUT2D eigenvalue weighted by atomic mass is 35.5. The zero-order valence-corrected chi connectivity index (χ0v) is 18.8. The number of fused-ring (bicyclic) bond motifs is 3. The molecule has 6 rings (SSSR count). The molecule has 4 heterocycles. The average molecular weight is 464 g/mol. The minimum absolute atomic E-state index is 0.254. The van der Waals surface area contributed by atoms with Crippen molar-refractivity contribution >= 4 is 17.4 Å². The number of nitrogens with zero attached hydrogens (tertiary/aromatic N) is 7. The fourth-order valence-corrected chi connectivity index (χ4v) is 5.33. The molecule has 2 aliphatic heterocycles. The van der Waals surface area contributed by atoms with Gasteiger partial charge < -0.3 is 4.90 Å². The fraction of sp³-hybridized carbons (Fsp3) is 0.417. The molecule has 9 heteroatoms. The lowest BCUT2D eigenvalue weighted by Crippen LogP contribution is -2.35. The number of hydrogen-bond acceptors (Lipinski definition) is 6. The quantitative estimate of drug-likeness (QED) is 0.579. The number of anilines is 1. The molecule has 168 valence electrons. The summed E-state index contributed by atoms with van der Waals surface area (Å²) in [5.74, 6) is 2.57. The summed E-state index contributed by atoms with van der Waals surface area (Å²) in [7, 11) is 0. The third kappa shape index (κ3) is 3.56. The van der Waals surface area contributed by atoms with E-state index in [1.54, 1.807) is 6.07 Å². The molecule has 0 atom stereocenters. The number of benzene rings is 1. The van der Waals surface area contributed by atoms with E-state index in [4.69, 9.17) is 11.6 Å². The smallest absolute Gasteiger partial charge is 0.151 e. The van der Waals surface area contributed by atoms with Crippen LogP contribution in [-0.2, 0) is 13.1 Å². The van der Waals surface area contributed by atoms with Gasteiger partial charge in [0.1, 0.15) is 23.0 Å². The summed E-state index contributed by atoms with van der Waals surface area (Å²) in [6.07, 6.45) is 4.85. The van der Waals surface area contributed by atoms with Gasteiger partial charge in [-0.2, -0.15) is 5.26 Å². The van der Waals surface area contributed by atoms with Gasteiger partial charge in [0.25, 0.3) is 0 Å². The minimum Gasteiger partial charge on any atom is -0.357 e. The summed E-state index contributed by atoms with van der Waals surface area (Å²) in [6, 6.07) is 11.7. The maximum absolute atomic E-state index is 13.2. The molecule has 0 spiro atoms. The molecule has 1 aliphatic carbocycles. The van der Waals surface area contributed by atoms with Gasteiger partial charge >= 0.3 is 0 Å². The zero-order chi connectivity index (χ0) is 22.6. The number of piperidine rings is 1. The van der Waals surface area contributed by atoms with E-state index in [0.717, 1.165) is 67.5 Å². The molecule has 0 radical (unpaired) electrons. The van der Waals surface area contributed by atoms with E-state index in [1.165, 1.54) is 12.3 Å². The van der Waals surface area contributed by atoms with Crippen molar-refractivity contribution in [2.75, 3.05) is 18.0 Å². The lowest BCUT2D eigenvalue weighted by atomic mass is 9.95. The van der Waals surface area contributed by atoms with Gasteiger partial charge in [-0.05, 0) is 61.6 Å². The van der Waals surface area contributed by atoms with Gasteiger partial charge in [0.05, 0.1) is 24.5 Å². The SMILES string of the molecule is N#CC1(N2Cc3cc(Cl)ccc3-n3c(nnc3C3CCN(c4ccc(F)cn4)CC3)C2)CC1. The molecule has 0 amide bonds. The topological polar surface area (TPSA) is 73.9 Å². The number of hydrogen-bond donors (Lipinski definition) is 0. The standard InChI is InChI=1S/C24H23ClFN7/c25-18-1-3-20-17(11-18)13-32(24(15-27)7-8-24)14-22-29-30-23(33(20)22)16-5-9-31(10-6-16)21-4-2-19(26)12-28-21/h1-4,11-12,16H,5-10,13-14H2. The maximum Gasteiger partial charge on any atom is 0.151 e. The highest BCUT2D eigenvalue weighted by molar-refractivity contribution is 6.30. The van der Waals surface area contributed by atoms with Crippen LogP contribution < -0.4 is 4.90 Å². The van der Waals surface area contributed by atoms with Crippen LogP contribution in [0.1, 0.15) is 48.8 Å². The largest absolute Gasteiger partial charge is 0.357 e. The summed E-state index contributed by atoms with van der Waals surface area (Å²) in [6.45, 7) is 2.90. The number of pyridine rings is 1. The highest BCUT2D eigenvalue weighted by Crippen LogP contribution is 2.44. The molecule has 0 bridgehead atoms. The highest BCUT2D eigenvalue weighted by Gasteiger charge is 2.50. The van der Waals surface area contributed by atoms with Crippen molar-refractivity contribution in [3.8, 4) is 11.8 Å². The van der Waals surface area contributed by atoms with Gasteiger partial charge in [0.2, 0.25) is 0 Å². The van der Waals surface area contributed by atoms with Crippen molar-refractivity contribution in [1.82, 2.24) is 24.6 Å². The third-order valence-corrected chi connectivity index (χ3v) is 7.40. The molecule has 2 aromatic heterocycles. The average Bonchev–Trinajstić information content (AvgIpc) is 3.56. The number of aromatic nitrogens is 4. The van der Waals surface area contributed by atoms with Gasteiger partial charge in [0, 0.05) is 30.6 Å². The van der Waals surface area contributed by atoms with E-state index < -0.39 is 5.54 Å². The van der Waals surface area contributed by atoms with Crippen LogP contribution >= 0.6 is 11.6 Å². The molecule has 1 saturated heterocycles. The first-order chi connectivity index (χ1) is 16.1. The van der Waals surface area contributed by atoms with Gasteiger partial charge in [-0.3, -0.25) is 9.47 Å². The van der Waals surface area contributed by atoms with Crippen molar-refractivity contribution in [2.24, 2.45) is 0 Å². The van der Waals surface area contributed by atoms with E-state index >= 15 is 0 Å². The summed E-state index contributed by atoms with van der Waals surface area (Å²) in [4.78, 5) is 8.64. The molecule has 0 unspecified atom stereocenters. The van der Waals surface area contributed by atoms with Crippen LogP contribution in [0.4, 0.5) is 10.2 Å². The monoisotopic (exact) mass is 463 g/mol. The molecule has 0 N–H and O–H groups in total. The minimum atomic E-state index is -0.408. The van der Waals surface area contributed by atoms with Crippen molar-refractivity contribution in [3.63, 3.8) is 0 Å². The van der Waals surface area contributed by atoms with Crippen LogP contribution in [0.3, 0.4) is 0 Å². The number of nitriles is 1. The molecular weight excluding hydrogens is 441 g/mol. The molecule has 2 fully saturated rings. The summed E-state index contributed by atoms with van der Waals surface area (Å²) >= 11 is 6.36. The number of rotatable bonds is 3. The Bertz CT molecular complexity index is 1240. The molecule has 1 saturated carbocycles. The van der Waals surface area contributed by atoms with Crippen LogP contribution in [0.15, 0.2) is 36.5 Å². The summed E-state index contributed by atoms with van der Waals surface area (Å²) in [5, 5.41) is 19.7. The van der Waals surface area contributed by atoms with Crippen LogP contribution in [-0.4, -0.2) is 43.3 Å². The van der Waals surface area contributed by atoms with E-state index in [9.17, 15) is 9.65 Å². The Morgan fingerprint density at radius 3 is 2.61 bits per heavy atom. The van der Waals surface area contributed by atoms with Crippen molar-refractivity contribution in [2.45, 2.75) is 50.2 Å². The molecule has 1 aromatic carbocycles. The molecular formula is C24H23ClFN7. The first kappa shape index (κ1) is 20.6. The predicted molar refractivity (Wildman–Crippen MR) is 122 cm³/mol.